The standard InChI is InChI=1S/C20H20ClN5OS.ClH/c1-13-18(25-9-5-4-6-17(25)22-13)19(27)26(11-10-24(2)3)20-23-15-8-7-14(21)12-16(15)28-20;/h4-9,12H,10-11H2,1-3H3;1H. The summed E-state index contributed by atoms with van der Waals surface area (Å²) in [6.45, 7) is 3.11. The summed E-state index contributed by atoms with van der Waals surface area (Å²) in [4.78, 5) is 26.6. The van der Waals surface area contributed by atoms with E-state index in [4.69, 9.17) is 11.6 Å². The lowest BCUT2D eigenvalue weighted by atomic mass is 10.3. The Morgan fingerprint density at radius 3 is 2.72 bits per heavy atom. The molecule has 152 valence electrons. The molecule has 4 rings (SSSR count). The van der Waals surface area contributed by atoms with Gasteiger partial charge in [-0.3, -0.25) is 14.1 Å². The Hall–Kier alpha value is -2.19. The summed E-state index contributed by atoms with van der Waals surface area (Å²) in [6.07, 6.45) is 1.87. The van der Waals surface area contributed by atoms with Gasteiger partial charge in [0.2, 0.25) is 0 Å². The number of rotatable bonds is 5. The molecule has 29 heavy (non-hydrogen) atoms. The van der Waals surface area contributed by atoms with Gasteiger partial charge in [0, 0.05) is 24.3 Å². The van der Waals surface area contributed by atoms with Crippen LogP contribution in [-0.4, -0.2) is 52.4 Å². The molecule has 3 aromatic heterocycles. The highest BCUT2D eigenvalue weighted by Crippen LogP contribution is 2.31. The maximum atomic E-state index is 13.6. The zero-order valence-electron chi connectivity index (χ0n) is 16.3. The lowest BCUT2D eigenvalue weighted by Gasteiger charge is -2.22. The molecular formula is C20H21Cl2N5OS. The molecule has 0 unspecified atom stereocenters. The molecule has 1 amide bonds. The van der Waals surface area contributed by atoms with Crippen molar-refractivity contribution in [1.29, 1.82) is 0 Å². The molecule has 0 saturated carbocycles. The highest BCUT2D eigenvalue weighted by atomic mass is 35.5. The van der Waals surface area contributed by atoms with E-state index in [1.807, 2.05) is 72.9 Å². The van der Waals surface area contributed by atoms with Crippen LogP contribution in [-0.2, 0) is 0 Å². The number of aryl methyl sites for hydroxylation is 1. The Kier molecular flexibility index (Phi) is 6.43. The zero-order chi connectivity index (χ0) is 19.8. The summed E-state index contributed by atoms with van der Waals surface area (Å²) in [5.74, 6) is -0.108. The van der Waals surface area contributed by atoms with Crippen molar-refractivity contribution in [1.82, 2.24) is 19.3 Å². The molecule has 0 aliphatic rings. The van der Waals surface area contributed by atoms with Gasteiger partial charge in [0.25, 0.3) is 5.91 Å². The molecule has 0 spiro atoms. The highest BCUT2D eigenvalue weighted by Gasteiger charge is 2.26. The number of carbonyl (C=O) groups excluding carboxylic acids is 1. The Bertz CT molecular complexity index is 1170. The summed E-state index contributed by atoms with van der Waals surface area (Å²) in [6, 6.07) is 11.3. The van der Waals surface area contributed by atoms with E-state index >= 15 is 0 Å². The predicted octanol–water partition coefficient (Wildman–Crippen LogP) is 4.54. The molecule has 0 bridgehead atoms. The minimum Gasteiger partial charge on any atom is -0.308 e. The van der Waals surface area contributed by atoms with E-state index in [1.165, 1.54) is 11.3 Å². The lowest BCUT2D eigenvalue weighted by molar-refractivity contribution is 0.0979. The Morgan fingerprint density at radius 2 is 1.97 bits per heavy atom. The van der Waals surface area contributed by atoms with Crippen LogP contribution in [0.5, 0.6) is 0 Å². The molecule has 0 aliphatic heterocycles. The third-order valence-corrected chi connectivity index (χ3v) is 5.77. The first kappa shape index (κ1) is 21.5. The van der Waals surface area contributed by atoms with Crippen LogP contribution in [0, 0.1) is 6.92 Å². The van der Waals surface area contributed by atoms with E-state index in [-0.39, 0.29) is 18.3 Å². The van der Waals surface area contributed by atoms with Crippen LogP contribution < -0.4 is 4.90 Å². The van der Waals surface area contributed by atoms with Gasteiger partial charge in [-0.1, -0.05) is 29.0 Å². The molecule has 0 N–H and O–H groups in total. The van der Waals surface area contributed by atoms with Crippen molar-refractivity contribution in [3.63, 3.8) is 0 Å². The number of hydrogen-bond acceptors (Lipinski definition) is 5. The Balaban J connectivity index is 0.00000240. The topological polar surface area (TPSA) is 53.7 Å². The first-order chi connectivity index (χ1) is 13.4. The fourth-order valence-electron chi connectivity index (χ4n) is 3.08. The number of anilines is 1. The first-order valence-electron chi connectivity index (χ1n) is 8.90. The molecule has 0 radical (unpaired) electrons. The minimum absolute atomic E-state index is 0. The molecule has 3 heterocycles. The van der Waals surface area contributed by atoms with Crippen LogP contribution in [0.3, 0.4) is 0 Å². The summed E-state index contributed by atoms with van der Waals surface area (Å²) in [7, 11) is 3.97. The molecule has 4 aromatic rings. The lowest BCUT2D eigenvalue weighted by Crippen LogP contribution is -2.37. The maximum Gasteiger partial charge on any atom is 0.279 e. The Morgan fingerprint density at radius 1 is 1.17 bits per heavy atom. The number of carbonyl (C=O) groups is 1. The van der Waals surface area contributed by atoms with Gasteiger partial charge in [-0.25, -0.2) is 9.97 Å². The van der Waals surface area contributed by atoms with Crippen molar-refractivity contribution in [2.24, 2.45) is 0 Å². The number of aromatic nitrogens is 3. The summed E-state index contributed by atoms with van der Waals surface area (Å²) in [5.41, 5.74) is 2.86. The van der Waals surface area contributed by atoms with Crippen molar-refractivity contribution >= 4 is 62.2 Å². The average Bonchev–Trinajstić information content (AvgIpc) is 3.20. The van der Waals surface area contributed by atoms with E-state index < -0.39 is 0 Å². The van der Waals surface area contributed by atoms with Gasteiger partial charge in [-0.15, -0.1) is 12.4 Å². The van der Waals surface area contributed by atoms with Crippen molar-refractivity contribution in [2.75, 3.05) is 32.1 Å². The van der Waals surface area contributed by atoms with Crippen LogP contribution in [0.4, 0.5) is 5.13 Å². The Labute approximate surface area is 184 Å². The smallest absolute Gasteiger partial charge is 0.279 e. The first-order valence-corrected chi connectivity index (χ1v) is 10.1. The molecule has 0 aliphatic carbocycles. The van der Waals surface area contributed by atoms with E-state index in [9.17, 15) is 4.79 Å². The van der Waals surface area contributed by atoms with E-state index in [0.29, 0.717) is 28.1 Å². The second-order valence-electron chi connectivity index (χ2n) is 6.84. The SMILES string of the molecule is Cc1nc2ccccn2c1C(=O)N(CCN(C)C)c1nc2ccc(Cl)cc2s1.Cl. The quantitative estimate of drug-likeness (QED) is 0.448. The van der Waals surface area contributed by atoms with E-state index in [2.05, 4.69) is 9.97 Å². The van der Waals surface area contributed by atoms with E-state index in [1.54, 1.807) is 4.90 Å². The number of hydrogen-bond donors (Lipinski definition) is 0. The van der Waals surface area contributed by atoms with Gasteiger partial charge in [-0.2, -0.15) is 0 Å². The zero-order valence-corrected chi connectivity index (χ0v) is 18.7. The van der Waals surface area contributed by atoms with Crippen molar-refractivity contribution in [3.8, 4) is 0 Å². The third-order valence-electron chi connectivity index (χ3n) is 4.49. The van der Waals surface area contributed by atoms with Gasteiger partial charge in [0.1, 0.15) is 11.3 Å². The number of halogens is 2. The predicted molar refractivity (Wildman–Crippen MR) is 122 cm³/mol. The maximum absolute atomic E-state index is 13.6. The molecule has 0 fully saturated rings. The van der Waals surface area contributed by atoms with Gasteiger partial charge in [-0.05, 0) is 51.4 Å². The van der Waals surface area contributed by atoms with Crippen LogP contribution in [0.1, 0.15) is 16.2 Å². The fraction of sp³-hybridized carbons (Fsp3) is 0.250. The second-order valence-corrected chi connectivity index (χ2v) is 8.29. The second kappa shape index (κ2) is 8.67. The van der Waals surface area contributed by atoms with Crippen molar-refractivity contribution < 1.29 is 4.79 Å². The normalized spacial score (nSPS) is 11.2. The molecule has 9 heteroatoms. The number of benzene rings is 1. The molecule has 0 saturated heterocycles. The van der Waals surface area contributed by atoms with Gasteiger partial charge >= 0.3 is 0 Å². The molecule has 1 aromatic carbocycles. The number of thiazole rings is 1. The van der Waals surface area contributed by atoms with Crippen LogP contribution in [0.25, 0.3) is 15.9 Å². The number of likely N-dealkylation sites (N-methyl/N-ethyl adjacent to an activating group) is 1. The summed E-state index contributed by atoms with van der Waals surface area (Å²) in [5, 5.41) is 1.32. The highest BCUT2D eigenvalue weighted by molar-refractivity contribution is 7.22. The van der Waals surface area contributed by atoms with Gasteiger partial charge in [0.15, 0.2) is 5.13 Å². The third kappa shape index (κ3) is 4.23. The number of imidazole rings is 1. The van der Waals surface area contributed by atoms with Crippen LogP contribution in [0.15, 0.2) is 42.6 Å². The molecular weight excluding hydrogens is 429 g/mol. The fourth-order valence-corrected chi connectivity index (χ4v) is 4.35. The monoisotopic (exact) mass is 449 g/mol. The average molecular weight is 450 g/mol. The molecule has 0 atom stereocenters. The molecule has 6 nitrogen and oxygen atoms in total. The summed E-state index contributed by atoms with van der Waals surface area (Å²) < 4.78 is 2.80. The van der Waals surface area contributed by atoms with E-state index in [0.717, 1.165) is 22.4 Å². The van der Waals surface area contributed by atoms with Crippen LogP contribution in [0.2, 0.25) is 5.02 Å². The minimum atomic E-state index is -0.108. The van der Waals surface area contributed by atoms with Crippen molar-refractivity contribution in [2.45, 2.75) is 6.92 Å². The van der Waals surface area contributed by atoms with Crippen LogP contribution >= 0.6 is 35.3 Å². The number of fused-ring (bicyclic) bond motifs is 2. The van der Waals surface area contributed by atoms with Gasteiger partial charge in [0.05, 0.1) is 15.9 Å². The summed E-state index contributed by atoms with van der Waals surface area (Å²) >= 11 is 7.59. The number of pyridine rings is 1. The number of nitrogens with zero attached hydrogens (tertiary/aromatic N) is 5. The van der Waals surface area contributed by atoms with Gasteiger partial charge < -0.3 is 4.90 Å². The number of amides is 1. The largest absolute Gasteiger partial charge is 0.308 e. The van der Waals surface area contributed by atoms with Crippen molar-refractivity contribution in [3.05, 3.63) is 59.0 Å².